The Kier molecular flexibility index (Phi) is 5.70. The first-order valence-corrected chi connectivity index (χ1v) is 8.81. The molecule has 2 atom stereocenters. The lowest BCUT2D eigenvalue weighted by Gasteiger charge is -2.37. The fourth-order valence-corrected chi connectivity index (χ4v) is 4.31. The number of carboxylic acids is 1. The summed E-state index contributed by atoms with van der Waals surface area (Å²) in [7, 11) is 0. The van der Waals surface area contributed by atoms with Gasteiger partial charge in [-0.1, -0.05) is 27.2 Å². The summed E-state index contributed by atoms with van der Waals surface area (Å²) >= 11 is 0. The highest BCUT2D eigenvalue weighted by Gasteiger charge is 2.33. The van der Waals surface area contributed by atoms with E-state index in [9.17, 15) is 9.90 Å². The molecular formula is C18H33NO2. The lowest BCUT2D eigenvalue weighted by Crippen LogP contribution is -2.34. The molecule has 2 rings (SSSR count). The molecule has 2 saturated carbocycles. The molecule has 2 N–H and O–H groups in total. The van der Waals surface area contributed by atoms with Gasteiger partial charge in [-0.05, 0) is 74.8 Å². The van der Waals surface area contributed by atoms with Gasteiger partial charge in [-0.2, -0.15) is 0 Å². The standard InChI is InChI=1S/C18H33NO2/c1-18(2,3)15-9-7-13(8-10-15)11-19-12-14-5-4-6-16(14)17(20)21/h13-16,19H,4-12H2,1-3H3,(H,20,21). The number of aliphatic carboxylic acids is 1. The largest absolute Gasteiger partial charge is 0.481 e. The van der Waals surface area contributed by atoms with Crippen molar-refractivity contribution in [3.8, 4) is 0 Å². The highest BCUT2D eigenvalue weighted by atomic mass is 16.4. The molecule has 2 aliphatic carbocycles. The minimum Gasteiger partial charge on any atom is -0.481 e. The molecule has 0 aromatic heterocycles. The van der Waals surface area contributed by atoms with Gasteiger partial charge in [0.15, 0.2) is 0 Å². The molecule has 0 bridgehead atoms. The molecule has 3 heteroatoms. The highest BCUT2D eigenvalue weighted by molar-refractivity contribution is 5.70. The van der Waals surface area contributed by atoms with Gasteiger partial charge in [-0.15, -0.1) is 0 Å². The van der Waals surface area contributed by atoms with Crippen molar-refractivity contribution in [1.29, 1.82) is 0 Å². The summed E-state index contributed by atoms with van der Waals surface area (Å²) in [5, 5.41) is 12.8. The van der Waals surface area contributed by atoms with E-state index in [0.29, 0.717) is 11.3 Å². The van der Waals surface area contributed by atoms with Crippen molar-refractivity contribution in [2.45, 2.75) is 65.7 Å². The molecule has 2 aliphatic rings. The Balaban J connectivity index is 1.65. The van der Waals surface area contributed by atoms with E-state index in [1.165, 1.54) is 25.7 Å². The maximum absolute atomic E-state index is 11.2. The van der Waals surface area contributed by atoms with E-state index < -0.39 is 5.97 Å². The number of carboxylic acid groups (broad SMARTS) is 1. The zero-order valence-corrected chi connectivity index (χ0v) is 14.0. The predicted octanol–water partition coefficient (Wildman–Crippen LogP) is 3.93. The van der Waals surface area contributed by atoms with Gasteiger partial charge < -0.3 is 10.4 Å². The molecule has 3 nitrogen and oxygen atoms in total. The summed E-state index contributed by atoms with van der Waals surface area (Å²) in [6, 6.07) is 0. The molecule has 0 amide bonds. The summed E-state index contributed by atoms with van der Waals surface area (Å²) in [5.74, 6) is 1.33. The molecule has 2 unspecified atom stereocenters. The number of rotatable bonds is 5. The van der Waals surface area contributed by atoms with Crippen LogP contribution in [-0.2, 0) is 4.79 Å². The van der Waals surface area contributed by atoms with Crippen LogP contribution in [0.5, 0.6) is 0 Å². The van der Waals surface area contributed by atoms with Crippen LogP contribution in [0.2, 0.25) is 0 Å². The number of nitrogens with one attached hydrogen (secondary N) is 1. The van der Waals surface area contributed by atoms with E-state index in [0.717, 1.165) is 44.2 Å². The van der Waals surface area contributed by atoms with Crippen molar-refractivity contribution in [3.63, 3.8) is 0 Å². The van der Waals surface area contributed by atoms with Gasteiger partial charge in [0.05, 0.1) is 5.92 Å². The SMILES string of the molecule is CC(C)(C)C1CCC(CNCC2CCCC2C(=O)O)CC1. The van der Waals surface area contributed by atoms with Gasteiger partial charge >= 0.3 is 5.97 Å². The minimum absolute atomic E-state index is 0.103. The van der Waals surface area contributed by atoms with Crippen LogP contribution in [0.4, 0.5) is 0 Å². The Labute approximate surface area is 129 Å². The van der Waals surface area contributed by atoms with Gasteiger partial charge in [0.25, 0.3) is 0 Å². The lowest BCUT2D eigenvalue weighted by atomic mass is 9.70. The molecule has 21 heavy (non-hydrogen) atoms. The number of carbonyl (C=O) groups is 1. The van der Waals surface area contributed by atoms with Crippen LogP contribution in [0.1, 0.15) is 65.7 Å². The molecule has 2 fully saturated rings. The van der Waals surface area contributed by atoms with Crippen LogP contribution in [0, 0.1) is 29.1 Å². The average Bonchev–Trinajstić information content (AvgIpc) is 2.87. The number of hydrogen-bond acceptors (Lipinski definition) is 2. The van der Waals surface area contributed by atoms with Crippen molar-refractivity contribution in [2.75, 3.05) is 13.1 Å². The highest BCUT2D eigenvalue weighted by Crippen LogP contribution is 2.39. The summed E-state index contributed by atoms with van der Waals surface area (Å²) in [6.07, 6.45) is 8.43. The van der Waals surface area contributed by atoms with Crippen LogP contribution in [0.15, 0.2) is 0 Å². The average molecular weight is 295 g/mol. The molecule has 0 aromatic carbocycles. The Morgan fingerprint density at radius 3 is 2.29 bits per heavy atom. The van der Waals surface area contributed by atoms with Gasteiger partial charge in [0, 0.05) is 0 Å². The smallest absolute Gasteiger partial charge is 0.306 e. The van der Waals surface area contributed by atoms with Gasteiger partial charge in [-0.3, -0.25) is 4.79 Å². The number of hydrogen-bond donors (Lipinski definition) is 2. The first-order chi connectivity index (χ1) is 9.88. The minimum atomic E-state index is -0.593. The van der Waals surface area contributed by atoms with Crippen LogP contribution < -0.4 is 5.32 Å². The zero-order chi connectivity index (χ0) is 15.5. The second kappa shape index (κ2) is 7.13. The van der Waals surface area contributed by atoms with Crippen molar-refractivity contribution in [1.82, 2.24) is 5.32 Å². The van der Waals surface area contributed by atoms with Crippen molar-refractivity contribution in [2.24, 2.45) is 29.1 Å². The van der Waals surface area contributed by atoms with E-state index in [-0.39, 0.29) is 5.92 Å². The lowest BCUT2D eigenvalue weighted by molar-refractivity contribution is -0.142. The fraction of sp³-hybridized carbons (Fsp3) is 0.944. The third kappa shape index (κ3) is 4.70. The molecule has 0 saturated heterocycles. The van der Waals surface area contributed by atoms with Crippen molar-refractivity contribution in [3.05, 3.63) is 0 Å². The Bertz CT molecular complexity index is 340. The zero-order valence-electron chi connectivity index (χ0n) is 14.0. The summed E-state index contributed by atoms with van der Waals surface area (Å²) in [4.78, 5) is 11.2. The van der Waals surface area contributed by atoms with Crippen LogP contribution in [0.3, 0.4) is 0 Å². The predicted molar refractivity (Wildman–Crippen MR) is 86.2 cm³/mol. The monoisotopic (exact) mass is 295 g/mol. The molecule has 0 spiro atoms. The third-order valence-electron chi connectivity index (χ3n) is 5.89. The maximum atomic E-state index is 11.2. The first kappa shape index (κ1) is 16.8. The Hall–Kier alpha value is -0.570. The third-order valence-corrected chi connectivity index (χ3v) is 5.89. The van der Waals surface area contributed by atoms with E-state index >= 15 is 0 Å². The normalized spacial score (nSPS) is 34.0. The molecule has 0 aromatic rings. The molecule has 0 radical (unpaired) electrons. The maximum Gasteiger partial charge on any atom is 0.306 e. The van der Waals surface area contributed by atoms with E-state index in [4.69, 9.17) is 0 Å². The molecule has 122 valence electrons. The Morgan fingerprint density at radius 2 is 1.71 bits per heavy atom. The molecule has 0 heterocycles. The topological polar surface area (TPSA) is 49.3 Å². The first-order valence-electron chi connectivity index (χ1n) is 8.81. The molecular weight excluding hydrogens is 262 g/mol. The quantitative estimate of drug-likeness (QED) is 0.808. The fourth-order valence-electron chi connectivity index (χ4n) is 4.31. The summed E-state index contributed by atoms with van der Waals surface area (Å²) in [5.41, 5.74) is 0.455. The van der Waals surface area contributed by atoms with E-state index in [1.807, 2.05) is 0 Å². The summed E-state index contributed by atoms with van der Waals surface area (Å²) < 4.78 is 0. The van der Waals surface area contributed by atoms with Crippen LogP contribution in [0.25, 0.3) is 0 Å². The van der Waals surface area contributed by atoms with Crippen LogP contribution >= 0.6 is 0 Å². The second-order valence-electron chi connectivity index (χ2n) is 8.38. The molecule has 0 aliphatic heterocycles. The van der Waals surface area contributed by atoms with E-state index in [1.54, 1.807) is 0 Å². The second-order valence-corrected chi connectivity index (χ2v) is 8.38. The van der Waals surface area contributed by atoms with Crippen molar-refractivity contribution >= 4 is 5.97 Å². The van der Waals surface area contributed by atoms with E-state index in [2.05, 4.69) is 26.1 Å². The Morgan fingerprint density at radius 1 is 1.05 bits per heavy atom. The summed E-state index contributed by atoms with van der Waals surface area (Å²) in [6.45, 7) is 9.07. The van der Waals surface area contributed by atoms with Gasteiger partial charge in [-0.25, -0.2) is 0 Å². The van der Waals surface area contributed by atoms with Crippen molar-refractivity contribution < 1.29 is 9.90 Å². The van der Waals surface area contributed by atoms with Gasteiger partial charge in [0.1, 0.15) is 0 Å². The van der Waals surface area contributed by atoms with Gasteiger partial charge in [0.2, 0.25) is 0 Å². The van der Waals surface area contributed by atoms with Crippen LogP contribution in [-0.4, -0.2) is 24.2 Å².